The average Bonchev–Trinajstić information content (AvgIpc) is 1.90. The van der Waals surface area contributed by atoms with Crippen molar-refractivity contribution in [3.63, 3.8) is 0 Å². The Morgan fingerprint density at radius 3 is 2.00 bits per heavy atom. The van der Waals surface area contributed by atoms with E-state index in [2.05, 4.69) is 15.9 Å². The minimum atomic E-state index is 0. The van der Waals surface area contributed by atoms with Crippen LogP contribution in [0.5, 0.6) is 0 Å². The van der Waals surface area contributed by atoms with Crippen LogP contribution in [0.2, 0.25) is 0 Å². The third kappa shape index (κ3) is 3.73. The van der Waals surface area contributed by atoms with Crippen molar-refractivity contribution < 1.29 is 19.5 Å². The Labute approximate surface area is 78.7 Å². The molecule has 0 aromatic rings. The van der Waals surface area contributed by atoms with Crippen LogP contribution in [-0.4, -0.2) is 5.33 Å². The van der Waals surface area contributed by atoms with Crippen molar-refractivity contribution in [1.29, 1.82) is 0 Å². The molecule has 9 heavy (non-hydrogen) atoms. The maximum Gasteiger partial charge on any atom is 0.00596 e. The number of hydrogen-bond acceptors (Lipinski definition) is 0. The quantitative estimate of drug-likeness (QED) is 0.490. The molecular formula is C7H13BrZn. The Bertz CT molecular complexity index is 59.9. The zero-order chi connectivity index (χ0) is 5.82. The van der Waals surface area contributed by atoms with Gasteiger partial charge < -0.3 is 0 Å². The van der Waals surface area contributed by atoms with Crippen LogP contribution >= 0.6 is 15.9 Å². The molecule has 0 saturated heterocycles. The zero-order valence-corrected chi connectivity index (χ0v) is 10.5. The molecule has 1 aliphatic carbocycles. The van der Waals surface area contributed by atoms with Crippen molar-refractivity contribution in [3.8, 4) is 0 Å². The standard InChI is InChI=1S/C7H13Br.Zn/c8-6-7-4-2-1-3-5-7;/h7H,1-6H2;. The van der Waals surface area contributed by atoms with E-state index < -0.39 is 0 Å². The van der Waals surface area contributed by atoms with Crippen LogP contribution in [0.25, 0.3) is 0 Å². The van der Waals surface area contributed by atoms with Gasteiger partial charge in [-0.3, -0.25) is 0 Å². The third-order valence-corrected chi connectivity index (χ3v) is 2.86. The minimum Gasteiger partial charge on any atom is -0.0925 e. The molecular weight excluding hydrogens is 229 g/mol. The molecule has 0 aliphatic heterocycles. The van der Waals surface area contributed by atoms with Crippen molar-refractivity contribution in [3.05, 3.63) is 0 Å². The van der Waals surface area contributed by atoms with E-state index >= 15 is 0 Å². The van der Waals surface area contributed by atoms with Crippen LogP contribution in [0, 0.1) is 5.92 Å². The fourth-order valence-corrected chi connectivity index (χ4v) is 1.99. The molecule has 1 saturated carbocycles. The number of rotatable bonds is 1. The summed E-state index contributed by atoms with van der Waals surface area (Å²) in [6, 6.07) is 0. The van der Waals surface area contributed by atoms with Gasteiger partial charge in [-0.05, 0) is 18.8 Å². The monoisotopic (exact) mass is 240 g/mol. The molecule has 0 N–H and O–H groups in total. The first-order valence-electron chi connectivity index (χ1n) is 3.49. The topological polar surface area (TPSA) is 0 Å². The molecule has 0 unspecified atom stereocenters. The summed E-state index contributed by atoms with van der Waals surface area (Å²) < 4.78 is 0. The van der Waals surface area contributed by atoms with Crippen molar-refractivity contribution in [2.45, 2.75) is 32.1 Å². The summed E-state index contributed by atoms with van der Waals surface area (Å²) in [6.07, 6.45) is 7.34. The number of alkyl halides is 1. The SMILES string of the molecule is BrCC1CCCCC1.[Zn]. The van der Waals surface area contributed by atoms with Gasteiger partial charge in [-0.2, -0.15) is 0 Å². The molecule has 50 valence electrons. The molecule has 0 aromatic heterocycles. The van der Waals surface area contributed by atoms with Crippen LogP contribution in [0.3, 0.4) is 0 Å². The Hall–Kier alpha value is 1.10. The zero-order valence-electron chi connectivity index (χ0n) is 5.91. The summed E-state index contributed by atoms with van der Waals surface area (Å²) in [5.74, 6) is 1.00. The predicted octanol–water partition coefficient (Wildman–Crippen LogP) is 2.96. The molecule has 0 amide bonds. The second kappa shape index (κ2) is 5.86. The first-order chi connectivity index (χ1) is 3.93. The number of hydrogen-bond donors (Lipinski definition) is 0. The third-order valence-electron chi connectivity index (χ3n) is 1.94. The summed E-state index contributed by atoms with van der Waals surface area (Å²) in [4.78, 5) is 0. The van der Waals surface area contributed by atoms with Crippen molar-refractivity contribution in [2.75, 3.05) is 5.33 Å². The molecule has 1 rings (SSSR count). The van der Waals surface area contributed by atoms with E-state index in [9.17, 15) is 0 Å². The molecule has 0 bridgehead atoms. The maximum absolute atomic E-state index is 3.51. The molecule has 1 fully saturated rings. The van der Waals surface area contributed by atoms with Gasteiger partial charge in [0.25, 0.3) is 0 Å². The molecule has 0 spiro atoms. The van der Waals surface area contributed by atoms with Gasteiger partial charge in [-0.1, -0.05) is 35.2 Å². The van der Waals surface area contributed by atoms with Crippen LogP contribution in [0.15, 0.2) is 0 Å². The second-order valence-electron chi connectivity index (χ2n) is 2.66. The summed E-state index contributed by atoms with van der Waals surface area (Å²) in [5, 5.41) is 1.23. The predicted molar refractivity (Wildman–Crippen MR) is 40.4 cm³/mol. The smallest absolute Gasteiger partial charge is 0.00596 e. The molecule has 1 aliphatic rings. The summed E-state index contributed by atoms with van der Waals surface area (Å²) in [5.41, 5.74) is 0. The molecule has 0 radical (unpaired) electrons. The molecule has 0 aromatic carbocycles. The summed E-state index contributed by atoms with van der Waals surface area (Å²) in [6.45, 7) is 0. The maximum atomic E-state index is 3.51. The van der Waals surface area contributed by atoms with E-state index in [4.69, 9.17) is 0 Å². The first-order valence-corrected chi connectivity index (χ1v) is 4.61. The van der Waals surface area contributed by atoms with Crippen molar-refractivity contribution in [2.24, 2.45) is 5.92 Å². The Balaban J connectivity index is 0.000000640. The minimum absolute atomic E-state index is 0. The summed E-state index contributed by atoms with van der Waals surface area (Å²) in [7, 11) is 0. The largest absolute Gasteiger partial charge is 0.0925 e. The van der Waals surface area contributed by atoms with Gasteiger partial charge in [-0.25, -0.2) is 0 Å². The van der Waals surface area contributed by atoms with Gasteiger partial charge in [0, 0.05) is 24.8 Å². The van der Waals surface area contributed by atoms with Gasteiger partial charge in [0.2, 0.25) is 0 Å². The number of halogens is 1. The van der Waals surface area contributed by atoms with E-state index in [0.29, 0.717) is 0 Å². The second-order valence-corrected chi connectivity index (χ2v) is 3.31. The molecule has 0 heterocycles. The van der Waals surface area contributed by atoms with Crippen molar-refractivity contribution in [1.82, 2.24) is 0 Å². The van der Waals surface area contributed by atoms with Gasteiger partial charge in [-0.15, -0.1) is 0 Å². The van der Waals surface area contributed by atoms with E-state index in [1.54, 1.807) is 0 Å². The fourth-order valence-electron chi connectivity index (χ4n) is 1.34. The first kappa shape index (κ1) is 10.1. The van der Waals surface area contributed by atoms with Crippen LogP contribution < -0.4 is 0 Å². The normalized spacial score (nSPS) is 21.0. The Kier molecular flexibility index (Phi) is 6.57. The summed E-state index contributed by atoms with van der Waals surface area (Å²) >= 11 is 3.51. The van der Waals surface area contributed by atoms with Crippen LogP contribution in [0.1, 0.15) is 32.1 Å². The molecule has 0 atom stereocenters. The van der Waals surface area contributed by atoms with Crippen molar-refractivity contribution >= 4 is 15.9 Å². The van der Waals surface area contributed by atoms with Crippen LogP contribution in [-0.2, 0) is 19.5 Å². The van der Waals surface area contributed by atoms with E-state index in [1.807, 2.05) is 0 Å². The fraction of sp³-hybridized carbons (Fsp3) is 1.00. The van der Waals surface area contributed by atoms with Gasteiger partial charge in [0.05, 0.1) is 0 Å². The Morgan fingerprint density at radius 1 is 1.11 bits per heavy atom. The van der Waals surface area contributed by atoms with Gasteiger partial charge in [0.15, 0.2) is 0 Å². The van der Waals surface area contributed by atoms with E-state index in [-0.39, 0.29) is 19.5 Å². The van der Waals surface area contributed by atoms with E-state index in [0.717, 1.165) is 5.92 Å². The van der Waals surface area contributed by atoms with Gasteiger partial charge >= 0.3 is 0 Å². The molecule has 2 heteroatoms. The van der Waals surface area contributed by atoms with Crippen LogP contribution in [0.4, 0.5) is 0 Å². The van der Waals surface area contributed by atoms with Gasteiger partial charge in [0.1, 0.15) is 0 Å². The Morgan fingerprint density at radius 2 is 1.67 bits per heavy atom. The average molecular weight is 242 g/mol. The molecule has 0 nitrogen and oxygen atoms in total. The van der Waals surface area contributed by atoms with E-state index in [1.165, 1.54) is 37.4 Å².